The lowest BCUT2D eigenvalue weighted by molar-refractivity contribution is 0.153. The maximum Gasteiger partial charge on any atom is 0.129 e. The van der Waals surface area contributed by atoms with Crippen LogP contribution in [0.2, 0.25) is 5.02 Å². The minimum absolute atomic E-state index is 0.228. The van der Waals surface area contributed by atoms with E-state index in [0.29, 0.717) is 23.7 Å². The first kappa shape index (κ1) is 13.5. The van der Waals surface area contributed by atoms with Crippen molar-refractivity contribution < 1.29 is 4.39 Å². The van der Waals surface area contributed by atoms with Gasteiger partial charge in [-0.05, 0) is 12.1 Å². The first-order valence-electron chi connectivity index (χ1n) is 6.58. The summed E-state index contributed by atoms with van der Waals surface area (Å²) in [5.41, 5.74) is 6.36. The lowest BCUT2D eigenvalue weighted by Gasteiger charge is -2.34. The quantitative estimate of drug-likeness (QED) is 0.944. The van der Waals surface area contributed by atoms with Gasteiger partial charge in [0.05, 0.1) is 12.6 Å². The molecule has 0 amide bonds. The Hall–Kier alpha value is -1.43. The number of rotatable bonds is 3. The van der Waals surface area contributed by atoms with Crippen molar-refractivity contribution in [3.05, 3.63) is 52.8 Å². The molecule has 0 radical (unpaired) electrons. The molecule has 20 heavy (non-hydrogen) atoms. The van der Waals surface area contributed by atoms with Crippen molar-refractivity contribution in [3.8, 4) is 0 Å². The fourth-order valence-electron chi connectivity index (χ4n) is 2.74. The number of fused-ring (bicyclic) bond motifs is 1. The average molecular weight is 295 g/mol. The Balaban J connectivity index is 1.92. The second-order valence-electron chi connectivity index (χ2n) is 4.89. The minimum atomic E-state index is -0.304. The number of halogens is 2. The lowest BCUT2D eigenvalue weighted by Crippen LogP contribution is -2.40. The third-order valence-corrected chi connectivity index (χ3v) is 4.10. The fraction of sp³-hybridized carbons (Fsp3) is 0.357. The van der Waals surface area contributed by atoms with Crippen LogP contribution in [-0.2, 0) is 13.1 Å². The van der Waals surface area contributed by atoms with Crippen molar-refractivity contribution >= 4 is 11.6 Å². The summed E-state index contributed by atoms with van der Waals surface area (Å²) >= 11 is 6.16. The van der Waals surface area contributed by atoms with Crippen LogP contribution in [-0.4, -0.2) is 27.5 Å². The molecule has 0 saturated heterocycles. The van der Waals surface area contributed by atoms with Gasteiger partial charge in [-0.25, -0.2) is 9.37 Å². The minimum Gasteiger partial charge on any atom is -0.333 e. The highest BCUT2D eigenvalue weighted by molar-refractivity contribution is 6.31. The largest absolute Gasteiger partial charge is 0.333 e. The zero-order valence-corrected chi connectivity index (χ0v) is 11.7. The Kier molecular flexibility index (Phi) is 3.74. The van der Waals surface area contributed by atoms with Gasteiger partial charge < -0.3 is 10.3 Å². The normalized spacial score (nSPS) is 16.9. The van der Waals surface area contributed by atoms with Crippen molar-refractivity contribution in [1.29, 1.82) is 0 Å². The Labute approximate surface area is 122 Å². The predicted octanol–water partition coefficient (Wildman–Crippen LogP) is 2.19. The van der Waals surface area contributed by atoms with E-state index in [1.165, 1.54) is 6.07 Å². The SMILES string of the molecule is NCC(c1c(F)cccc1Cl)N1CCn2ccnc2C1. The molecule has 0 spiro atoms. The van der Waals surface area contributed by atoms with Gasteiger partial charge >= 0.3 is 0 Å². The van der Waals surface area contributed by atoms with E-state index in [1.54, 1.807) is 18.3 Å². The van der Waals surface area contributed by atoms with Crippen molar-refractivity contribution in [2.75, 3.05) is 13.1 Å². The molecule has 2 aromatic rings. The van der Waals surface area contributed by atoms with Crippen LogP contribution in [0, 0.1) is 5.82 Å². The van der Waals surface area contributed by atoms with Gasteiger partial charge in [0.1, 0.15) is 11.6 Å². The lowest BCUT2D eigenvalue weighted by atomic mass is 10.0. The zero-order valence-electron chi connectivity index (χ0n) is 11.0. The molecule has 1 aromatic carbocycles. The Morgan fingerprint density at radius 2 is 2.25 bits per heavy atom. The standard InChI is InChI=1S/C14H16ClFN4/c15-10-2-1-3-11(16)14(10)12(8-17)20-7-6-19-5-4-18-13(19)9-20/h1-5,12H,6-9,17H2. The molecule has 0 fully saturated rings. The van der Waals surface area contributed by atoms with Crippen LogP contribution in [0.4, 0.5) is 4.39 Å². The average Bonchev–Trinajstić information content (AvgIpc) is 2.90. The molecule has 6 heteroatoms. The molecule has 0 bridgehead atoms. The van der Waals surface area contributed by atoms with Crippen LogP contribution >= 0.6 is 11.6 Å². The van der Waals surface area contributed by atoms with Gasteiger partial charge in [0.25, 0.3) is 0 Å². The van der Waals surface area contributed by atoms with Gasteiger partial charge in [-0.2, -0.15) is 0 Å². The van der Waals surface area contributed by atoms with E-state index in [0.717, 1.165) is 18.9 Å². The number of hydrogen-bond acceptors (Lipinski definition) is 3. The smallest absolute Gasteiger partial charge is 0.129 e. The molecule has 1 atom stereocenters. The van der Waals surface area contributed by atoms with Crippen LogP contribution in [0.1, 0.15) is 17.4 Å². The van der Waals surface area contributed by atoms with Crippen molar-refractivity contribution in [2.45, 2.75) is 19.1 Å². The number of hydrogen-bond donors (Lipinski definition) is 1. The fourth-order valence-corrected chi connectivity index (χ4v) is 3.03. The van der Waals surface area contributed by atoms with Crippen LogP contribution in [0.3, 0.4) is 0 Å². The molecule has 1 aliphatic heterocycles. The van der Waals surface area contributed by atoms with Crippen LogP contribution in [0.25, 0.3) is 0 Å². The molecular formula is C14H16ClFN4. The van der Waals surface area contributed by atoms with E-state index in [1.807, 2.05) is 6.20 Å². The van der Waals surface area contributed by atoms with Crippen LogP contribution in [0.15, 0.2) is 30.6 Å². The van der Waals surface area contributed by atoms with Gasteiger partial charge in [-0.1, -0.05) is 17.7 Å². The summed E-state index contributed by atoms with van der Waals surface area (Å²) in [5.74, 6) is 0.670. The Morgan fingerprint density at radius 1 is 1.40 bits per heavy atom. The van der Waals surface area contributed by atoms with Crippen LogP contribution in [0.5, 0.6) is 0 Å². The van der Waals surface area contributed by atoms with E-state index < -0.39 is 0 Å². The van der Waals surface area contributed by atoms with Gasteiger partial charge in [0.2, 0.25) is 0 Å². The van der Waals surface area contributed by atoms with E-state index in [4.69, 9.17) is 17.3 Å². The van der Waals surface area contributed by atoms with E-state index in [9.17, 15) is 4.39 Å². The summed E-state index contributed by atoms with van der Waals surface area (Å²) in [7, 11) is 0. The number of imidazole rings is 1. The molecular weight excluding hydrogens is 279 g/mol. The van der Waals surface area contributed by atoms with Gasteiger partial charge in [0.15, 0.2) is 0 Å². The molecule has 4 nitrogen and oxygen atoms in total. The van der Waals surface area contributed by atoms with Gasteiger partial charge in [-0.3, -0.25) is 4.90 Å². The Bertz CT molecular complexity index is 593. The topological polar surface area (TPSA) is 47.1 Å². The van der Waals surface area contributed by atoms with Crippen molar-refractivity contribution in [3.63, 3.8) is 0 Å². The third kappa shape index (κ3) is 2.32. The molecule has 1 unspecified atom stereocenters. The summed E-state index contributed by atoms with van der Waals surface area (Å²) in [5, 5.41) is 0.425. The monoisotopic (exact) mass is 294 g/mol. The van der Waals surface area contributed by atoms with Crippen molar-refractivity contribution in [1.82, 2.24) is 14.5 Å². The summed E-state index contributed by atoms with van der Waals surface area (Å²) in [6, 6.07) is 4.51. The summed E-state index contributed by atoms with van der Waals surface area (Å²) in [6.07, 6.45) is 3.74. The maximum absolute atomic E-state index is 14.1. The zero-order chi connectivity index (χ0) is 14.1. The molecule has 0 saturated carbocycles. The first-order chi connectivity index (χ1) is 9.70. The number of aromatic nitrogens is 2. The number of nitrogens with zero attached hydrogens (tertiary/aromatic N) is 3. The van der Waals surface area contributed by atoms with E-state index in [-0.39, 0.29) is 11.9 Å². The van der Waals surface area contributed by atoms with Crippen molar-refractivity contribution in [2.24, 2.45) is 5.73 Å². The van der Waals surface area contributed by atoms with E-state index >= 15 is 0 Å². The second-order valence-corrected chi connectivity index (χ2v) is 5.30. The number of nitrogens with two attached hydrogens (primary N) is 1. The molecule has 2 heterocycles. The predicted molar refractivity (Wildman–Crippen MR) is 75.8 cm³/mol. The molecule has 3 rings (SSSR count). The van der Waals surface area contributed by atoms with Gasteiger partial charge in [0, 0.05) is 42.6 Å². The maximum atomic E-state index is 14.1. The first-order valence-corrected chi connectivity index (χ1v) is 6.96. The summed E-state index contributed by atoms with van der Waals surface area (Å²) in [6.45, 7) is 2.61. The number of benzene rings is 1. The van der Waals surface area contributed by atoms with E-state index in [2.05, 4.69) is 14.5 Å². The molecule has 0 aliphatic carbocycles. The highest BCUT2D eigenvalue weighted by atomic mass is 35.5. The Morgan fingerprint density at radius 3 is 3.00 bits per heavy atom. The molecule has 1 aromatic heterocycles. The second kappa shape index (κ2) is 5.52. The highest BCUT2D eigenvalue weighted by Gasteiger charge is 2.27. The third-order valence-electron chi connectivity index (χ3n) is 3.77. The molecule has 106 valence electrons. The van der Waals surface area contributed by atoms with Gasteiger partial charge in [-0.15, -0.1) is 0 Å². The molecule has 2 N–H and O–H groups in total. The summed E-state index contributed by atoms with van der Waals surface area (Å²) < 4.78 is 16.2. The highest BCUT2D eigenvalue weighted by Crippen LogP contribution is 2.31. The molecule has 1 aliphatic rings. The van der Waals surface area contributed by atoms with Crippen LogP contribution < -0.4 is 5.73 Å². The summed E-state index contributed by atoms with van der Waals surface area (Å²) in [4.78, 5) is 6.45.